The molecule has 0 aliphatic carbocycles. The molecule has 0 radical (unpaired) electrons. The largest absolute Gasteiger partial charge is 0.378 e. The third kappa shape index (κ3) is 5.44. The average molecular weight is 410 g/mol. The van der Waals surface area contributed by atoms with Crippen LogP contribution in [0.4, 0.5) is 5.69 Å². The number of nitrogens with two attached hydrogens (primary N) is 1. The van der Waals surface area contributed by atoms with E-state index >= 15 is 0 Å². The van der Waals surface area contributed by atoms with Crippen LogP contribution < -0.4 is 16.4 Å². The van der Waals surface area contributed by atoms with Crippen molar-refractivity contribution in [1.82, 2.24) is 14.8 Å². The van der Waals surface area contributed by atoms with Crippen LogP contribution in [0.3, 0.4) is 0 Å². The lowest BCUT2D eigenvalue weighted by Crippen LogP contribution is -2.42. The SMILES string of the molecule is Cl.NCC(=O)NCC(=O)Nc1ccc2c(ccn2CC(=O)N2CCOCC2)c1. The lowest BCUT2D eigenvalue weighted by atomic mass is 10.2. The van der Waals surface area contributed by atoms with Crippen LogP contribution in [-0.4, -0.2) is 66.6 Å². The fourth-order valence-corrected chi connectivity index (χ4v) is 2.93. The predicted molar refractivity (Wildman–Crippen MR) is 107 cm³/mol. The Hall–Kier alpha value is -2.62. The molecule has 4 N–H and O–H groups in total. The number of amides is 3. The van der Waals surface area contributed by atoms with Gasteiger partial charge in [0.2, 0.25) is 17.7 Å². The first-order valence-corrected chi connectivity index (χ1v) is 8.78. The number of morpholine rings is 1. The summed E-state index contributed by atoms with van der Waals surface area (Å²) < 4.78 is 7.16. The van der Waals surface area contributed by atoms with Gasteiger partial charge in [0.05, 0.1) is 26.3 Å². The van der Waals surface area contributed by atoms with Gasteiger partial charge in [-0.25, -0.2) is 0 Å². The molecule has 2 heterocycles. The summed E-state index contributed by atoms with van der Waals surface area (Å²) in [6.45, 7) is 2.36. The van der Waals surface area contributed by atoms with Gasteiger partial charge in [-0.05, 0) is 24.3 Å². The van der Waals surface area contributed by atoms with Gasteiger partial charge in [-0.2, -0.15) is 0 Å². The molecular weight excluding hydrogens is 386 g/mol. The molecule has 3 rings (SSSR count). The van der Waals surface area contributed by atoms with E-state index in [9.17, 15) is 14.4 Å². The Bertz CT molecular complexity index is 848. The van der Waals surface area contributed by atoms with Crippen LogP contribution in [0.2, 0.25) is 0 Å². The van der Waals surface area contributed by atoms with Crippen molar-refractivity contribution in [3.63, 3.8) is 0 Å². The number of carbonyl (C=O) groups is 3. The number of nitrogens with zero attached hydrogens (tertiary/aromatic N) is 2. The Balaban J connectivity index is 0.00000280. The highest BCUT2D eigenvalue weighted by atomic mass is 35.5. The summed E-state index contributed by atoms with van der Waals surface area (Å²) in [7, 11) is 0. The zero-order valence-electron chi connectivity index (χ0n) is 15.3. The maximum absolute atomic E-state index is 12.4. The summed E-state index contributed by atoms with van der Waals surface area (Å²) in [5.41, 5.74) is 6.70. The number of halogens is 1. The van der Waals surface area contributed by atoms with Gasteiger partial charge >= 0.3 is 0 Å². The number of aromatic nitrogens is 1. The number of nitrogens with one attached hydrogen (secondary N) is 2. The third-order valence-electron chi connectivity index (χ3n) is 4.36. The summed E-state index contributed by atoms with van der Waals surface area (Å²) in [5.74, 6) is -0.662. The molecule has 2 aromatic rings. The Morgan fingerprint density at radius 2 is 1.86 bits per heavy atom. The average Bonchev–Trinajstić information content (AvgIpc) is 3.08. The number of anilines is 1. The molecule has 28 heavy (non-hydrogen) atoms. The van der Waals surface area contributed by atoms with Crippen molar-refractivity contribution < 1.29 is 19.1 Å². The van der Waals surface area contributed by atoms with E-state index < -0.39 is 0 Å². The van der Waals surface area contributed by atoms with E-state index in [1.54, 1.807) is 11.0 Å². The second kappa shape index (κ2) is 10.1. The van der Waals surface area contributed by atoms with Gasteiger partial charge in [-0.3, -0.25) is 14.4 Å². The maximum atomic E-state index is 12.4. The van der Waals surface area contributed by atoms with Crippen LogP contribution in [-0.2, 0) is 25.7 Å². The van der Waals surface area contributed by atoms with E-state index in [4.69, 9.17) is 10.5 Å². The van der Waals surface area contributed by atoms with E-state index in [1.807, 2.05) is 29.0 Å². The van der Waals surface area contributed by atoms with Crippen molar-refractivity contribution in [2.45, 2.75) is 6.54 Å². The summed E-state index contributed by atoms with van der Waals surface area (Å²) in [6.07, 6.45) is 1.86. The lowest BCUT2D eigenvalue weighted by Gasteiger charge is -2.27. The van der Waals surface area contributed by atoms with Gasteiger partial charge in [-0.15, -0.1) is 12.4 Å². The van der Waals surface area contributed by atoms with E-state index in [2.05, 4.69) is 10.6 Å². The standard InChI is InChI=1S/C18H23N5O4.ClH/c19-10-16(24)20-11-17(25)21-14-1-2-15-13(9-14)3-4-23(15)12-18(26)22-5-7-27-8-6-22;/h1-4,9H,5-8,10-12,19H2,(H,20,24)(H,21,25);1H. The Morgan fingerprint density at radius 1 is 1.11 bits per heavy atom. The van der Waals surface area contributed by atoms with Crippen molar-refractivity contribution in [3.05, 3.63) is 30.5 Å². The highest BCUT2D eigenvalue weighted by Gasteiger charge is 2.17. The van der Waals surface area contributed by atoms with Crippen LogP contribution >= 0.6 is 12.4 Å². The molecule has 1 aromatic heterocycles. The first kappa shape index (κ1) is 21.7. The molecule has 3 amide bonds. The summed E-state index contributed by atoms with van der Waals surface area (Å²) >= 11 is 0. The van der Waals surface area contributed by atoms with Crippen LogP contribution in [0.1, 0.15) is 0 Å². The van der Waals surface area contributed by atoms with Crippen molar-refractivity contribution in [2.75, 3.05) is 44.7 Å². The van der Waals surface area contributed by atoms with Crippen LogP contribution in [0.5, 0.6) is 0 Å². The molecule has 0 bridgehead atoms. The van der Waals surface area contributed by atoms with Crippen molar-refractivity contribution in [2.24, 2.45) is 5.73 Å². The second-order valence-electron chi connectivity index (χ2n) is 6.24. The molecule has 0 unspecified atom stereocenters. The Morgan fingerprint density at radius 3 is 2.57 bits per heavy atom. The maximum Gasteiger partial charge on any atom is 0.243 e. The molecule has 0 saturated carbocycles. The summed E-state index contributed by atoms with van der Waals surface area (Å²) in [4.78, 5) is 37.2. The Labute approximate surface area is 168 Å². The number of hydrogen-bond donors (Lipinski definition) is 3. The number of hydrogen-bond acceptors (Lipinski definition) is 5. The van der Waals surface area contributed by atoms with Crippen molar-refractivity contribution >= 4 is 46.7 Å². The van der Waals surface area contributed by atoms with Gasteiger partial charge in [-0.1, -0.05) is 0 Å². The molecule has 1 fully saturated rings. The summed E-state index contributed by atoms with van der Waals surface area (Å²) in [5, 5.41) is 6.05. The lowest BCUT2D eigenvalue weighted by molar-refractivity contribution is -0.135. The fraction of sp³-hybridized carbons (Fsp3) is 0.389. The number of carbonyl (C=O) groups excluding carboxylic acids is 3. The zero-order chi connectivity index (χ0) is 19.2. The topological polar surface area (TPSA) is 119 Å². The van der Waals surface area contributed by atoms with E-state index in [1.165, 1.54) is 0 Å². The molecule has 9 nitrogen and oxygen atoms in total. The van der Waals surface area contributed by atoms with Gasteiger partial charge in [0.15, 0.2) is 0 Å². The molecule has 0 spiro atoms. The number of benzene rings is 1. The van der Waals surface area contributed by atoms with E-state index in [0.29, 0.717) is 32.0 Å². The molecule has 152 valence electrons. The first-order chi connectivity index (χ1) is 13.1. The number of fused-ring (bicyclic) bond motifs is 1. The van der Waals surface area contributed by atoms with Crippen molar-refractivity contribution in [3.8, 4) is 0 Å². The van der Waals surface area contributed by atoms with Gasteiger partial charge in [0, 0.05) is 35.9 Å². The molecule has 1 saturated heterocycles. The normalized spacial score (nSPS) is 13.7. The minimum absolute atomic E-state index is 0. The highest BCUT2D eigenvalue weighted by Crippen LogP contribution is 2.21. The minimum Gasteiger partial charge on any atom is -0.378 e. The highest BCUT2D eigenvalue weighted by molar-refractivity contribution is 5.96. The molecule has 10 heteroatoms. The monoisotopic (exact) mass is 409 g/mol. The predicted octanol–water partition coefficient (Wildman–Crippen LogP) is -0.0647. The molecule has 1 aliphatic rings. The van der Waals surface area contributed by atoms with Crippen molar-refractivity contribution in [1.29, 1.82) is 0 Å². The second-order valence-corrected chi connectivity index (χ2v) is 6.24. The number of ether oxygens (including phenoxy) is 1. The third-order valence-corrected chi connectivity index (χ3v) is 4.36. The van der Waals surface area contributed by atoms with E-state index in [-0.39, 0.29) is 49.8 Å². The first-order valence-electron chi connectivity index (χ1n) is 8.78. The van der Waals surface area contributed by atoms with E-state index in [0.717, 1.165) is 10.9 Å². The molecule has 1 aliphatic heterocycles. The molecule has 0 atom stereocenters. The smallest absolute Gasteiger partial charge is 0.243 e. The quantitative estimate of drug-likeness (QED) is 0.617. The molecular formula is C18H24ClN5O4. The minimum atomic E-state index is -0.386. The van der Waals surface area contributed by atoms with Crippen LogP contribution in [0.15, 0.2) is 30.5 Å². The summed E-state index contributed by atoms with van der Waals surface area (Å²) in [6, 6.07) is 7.35. The fourth-order valence-electron chi connectivity index (χ4n) is 2.93. The molecule has 1 aromatic carbocycles. The van der Waals surface area contributed by atoms with Gasteiger partial charge in [0.1, 0.15) is 6.54 Å². The Kier molecular flexibility index (Phi) is 7.80. The van der Waals surface area contributed by atoms with Gasteiger partial charge in [0.25, 0.3) is 0 Å². The van der Waals surface area contributed by atoms with Crippen LogP contribution in [0, 0.1) is 0 Å². The van der Waals surface area contributed by atoms with Crippen LogP contribution in [0.25, 0.3) is 10.9 Å². The zero-order valence-corrected chi connectivity index (χ0v) is 16.2. The van der Waals surface area contributed by atoms with Gasteiger partial charge < -0.3 is 30.6 Å². The number of rotatable bonds is 6.